The van der Waals surface area contributed by atoms with Gasteiger partial charge in [0.1, 0.15) is 0 Å². The fourth-order valence-electron chi connectivity index (χ4n) is 1.93. The molecule has 0 aliphatic rings. The van der Waals surface area contributed by atoms with Gasteiger partial charge in [-0.2, -0.15) is 0 Å². The van der Waals surface area contributed by atoms with Crippen LogP contribution in [-0.2, 0) is 6.42 Å². The first-order valence-electron chi connectivity index (χ1n) is 5.65. The molecule has 0 aliphatic carbocycles. The Morgan fingerprint density at radius 3 is 2.60 bits per heavy atom. The monoisotopic (exact) mass is 245 g/mol. The second-order valence-electron chi connectivity index (χ2n) is 3.96. The highest BCUT2D eigenvalue weighted by molar-refractivity contribution is 7.16. The van der Waals surface area contributed by atoms with Crippen molar-refractivity contribution in [2.75, 3.05) is 6.54 Å². The van der Waals surface area contributed by atoms with E-state index in [1.165, 1.54) is 11.3 Å². The zero-order valence-electron chi connectivity index (χ0n) is 9.72. The van der Waals surface area contributed by atoms with Crippen molar-refractivity contribution in [3.05, 3.63) is 21.3 Å². The molecule has 0 saturated carbocycles. The first-order valence-corrected chi connectivity index (χ1v) is 6.84. The van der Waals surface area contributed by atoms with Crippen LogP contribution in [0.3, 0.4) is 0 Å². The Balaban J connectivity index is 2.49. The van der Waals surface area contributed by atoms with Crippen LogP contribution in [0.5, 0.6) is 0 Å². The summed E-state index contributed by atoms with van der Waals surface area (Å²) >= 11 is 7.62. The lowest BCUT2D eigenvalue weighted by Crippen LogP contribution is -2.35. The van der Waals surface area contributed by atoms with Gasteiger partial charge in [0.15, 0.2) is 0 Å². The van der Waals surface area contributed by atoms with Crippen LogP contribution < -0.4 is 5.32 Å². The minimum Gasteiger partial charge on any atom is -0.314 e. The molecule has 1 aromatic rings. The highest BCUT2D eigenvalue weighted by atomic mass is 35.5. The molecule has 0 fully saturated rings. The van der Waals surface area contributed by atoms with Crippen molar-refractivity contribution in [1.29, 1.82) is 0 Å². The Morgan fingerprint density at radius 2 is 2.13 bits per heavy atom. The van der Waals surface area contributed by atoms with Crippen molar-refractivity contribution in [1.82, 2.24) is 5.32 Å². The van der Waals surface area contributed by atoms with Crippen molar-refractivity contribution in [2.45, 2.75) is 39.7 Å². The van der Waals surface area contributed by atoms with Gasteiger partial charge in [-0.05, 0) is 37.4 Å². The fraction of sp³-hybridized carbons (Fsp3) is 0.667. The lowest BCUT2D eigenvalue weighted by Gasteiger charge is -2.22. The summed E-state index contributed by atoms with van der Waals surface area (Å²) in [6.07, 6.45) is 2.32. The van der Waals surface area contributed by atoms with Crippen molar-refractivity contribution in [2.24, 2.45) is 5.92 Å². The van der Waals surface area contributed by atoms with Crippen LogP contribution in [0.2, 0.25) is 4.34 Å². The first kappa shape index (κ1) is 13.0. The lowest BCUT2D eigenvalue weighted by atomic mass is 9.95. The van der Waals surface area contributed by atoms with Gasteiger partial charge < -0.3 is 5.32 Å². The summed E-state index contributed by atoms with van der Waals surface area (Å²) in [5.41, 5.74) is 0. The molecular weight excluding hydrogens is 226 g/mol. The third-order valence-electron chi connectivity index (χ3n) is 2.75. The largest absolute Gasteiger partial charge is 0.314 e. The maximum Gasteiger partial charge on any atom is 0.0931 e. The van der Waals surface area contributed by atoms with E-state index in [0.717, 1.165) is 17.3 Å². The number of nitrogens with one attached hydrogen (secondary N) is 1. The lowest BCUT2D eigenvalue weighted by molar-refractivity contribution is 0.372. The molecular formula is C12H20ClNS. The average Bonchev–Trinajstić information content (AvgIpc) is 2.60. The fourth-order valence-corrected chi connectivity index (χ4v) is 3.16. The highest BCUT2D eigenvalue weighted by Crippen LogP contribution is 2.25. The Morgan fingerprint density at radius 1 is 1.40 bits per heavy atom. The van der Waals surface area contributed by atoms with Gasteiger partial charge in [-0.15, -0.1) is 11.3 Å². The molecule has 1 N–H and O–H groups in total. The third-order valence-corrected chi connectivity index (χ3v) is 4.00. The molecule has 2 atom stereocenters. The summed E-state index contributed by atoms with van der Waals surface area (Å²) in [4.78, 5) is 1.39. The van der Waals surface area contributed by atoms with Crippen LogP contribution in [0.4, 0.5) is 0 Å². The Bertz CT molecular complexity index is 285. The standard InChI is InChI=1S/C12H20ClNS/c1-4-11(14-5-2)9(3)8-10-6-7-12(13)15-10/h6-7,9,11,14H,4-5,8H2,1-3H3. The van der Waals surface area contributed by atoms with Gasteiger partial charge in [0, 0.05) is 10.9 Å². The smallest absolute Gasteiger partial charge is 0.0931 e. The maximum atomic E-state index is 5.92. The zero-order chi connectivity index (χ0) is 11.3. The summed E-state index contributed by atoms with van der Waals surface area (Å²) in [6.45, 7) is 7.76. The highest BCUT2D eigenvalue weighted by Gasteiger charge is 2.15. The van der Waals surface area contributed by atoms with E-state index in [0.29, 0.717) is 12.0 Å². The molecule has 1 nitrogen and oxygen atoms in total. The van der Waals surface area contributed by atoms with E-state index in [9.17, 15) is 0 Å². The van der Waals surface area contributed by atoms with Crippen LogP contribution in [0.1, 0.15) is 32.1 Å². The molecule has 0 spiro atoms. The SMILES string of the molecule is CCNC(CC)C(C)Cc1ccc(Cl)s1. The predicted molar refractivity (Wildman–Crippen MR) is 70.0 cm³/mol. The minimum atomic E-state index is 0.621. The summed E-state index contributed by atoms with van der Waals surface area (Å²) in [6, 6.07) is 4.75. The molecule has 3 heteroatoms. The quantitative estimate of drug-likeness (QED) is 0.800. The van der Waals surface area contributed by atoms with Gasteiger partial charge in [-0.1, -0.05) is 32.4 Å². The molecule has 1 heterocycles. The second-order valence-corrected chi connectivity index (χ2v) is 5.76. The normalized spacial score (nSPS) is 15.2. The topological polar surface area (TPSA) is 12.0 Å². The van der Waals surface area contributed by atoms with E-state index < -0.39 is 0 Å². The average molecular weight is 246 g/mol. The molecule has 0 saturated heterocycles. The van der Waals surface area contributed by atoms with Gasteiger partial charge in [-0.25, -0.2) is 0 Å². The Labute approximate surface area is 102 Å². The van der Waals surface area contributed by atoms with Crippen molar-refractivity contribution >= 4 is 22.9 Å². The molecule has 86 valence electrons. The number of hydrogen-bond donors (Lipinski definition) is 1. The van der Waals surface area contributed by atoms with E-state index in [2.05, 4.69) is 32.2 Å². The van der Waals surface area contributed by atoms with Crippen LogP contribution in [0.15, 0.2) is 12.1 Å². The third kappa shape index (κ3) is 4.13. The molecule has 0 amide bonds. The summed E-state index contributed by atoms with van der Waals surface area (Å²) < 4.78 is 0.897. The van der Waals surface area contributed by atoms with E-state index in [-0.39, 0.29) is 0 Å². The van der Waals surface area contributed by atoms with Crippen molar-refractivity contribution in [3.63, 3.8) is 0 Å². The summed E-state index contributed by atoms with van der Waals surface area (Å²) in [5.74, 6) is 0.671. The Kier molecular flexibility index (Phi) is 5.65. The van der Waals surface area contributed by atoms with Crippen LogP contribution in [-0.4, -0.2) is 12.6 Å². The van der Waals surface area contributed by atoms with Gasteiger partial charge in [-0.3, -0.25) is 0 Å². The van der Waals surface area contributed by atoms with Gasteiger partial charge in [0.05, 0.1) is 4.34 Å². The minimum absolute atomic E-state index is 0.621. The Hall–Kier alpha value is -0.0500. The molecule has 1 rings (SSSR count). The van der Waals surface area contributed by atoms with Gasteiger partial charge in [0.25, 0.3) is 0 Å². The molecule has 0 aliphatic heterocycles. The van der Waals surface area contributed by atoms with E-state index in [4.69, 9.17) is 11.6 Å². The van der Waals surface area contributed by atoms with Crippen molar-refractivity contribution < 1.29 is 0 Å². The molecule has 1 aromatic heterocycles. The predicted octanol–water partition coefficient (Wildman–Crippen LogP) is 3.97. The zero-order valence-corrected chi connectivity index (χ0v) is 11.3. The van der Waals surface area contributed by atoms with Crippen molar-refractivity contribution in [3.8, 4) is 0 Å². The molecule has 15 heavy (non-hydrogen) atoms. The number of rotatable bonds is 6. The van der Waals surface area contributed by atoms with E-state index in [1.54, 1.807) is 11.3 Å². The molecule has 0 radical (unpaired) electrons. The number of thiophene rings is 1. The number of hydrogen-bond acceptors (Lipinski definition) is 2. The van der Waals surface area contributed by atoms with Crippen LogP contribution in [0, 0.1) is 5.92 Å². The number of halogens is 1. The molecule has 0 aromatic carbocycles. The maximum absolute atomic E-state index is 5.92. The van der Waals surface area contributed by atoms with E-state index >= 15 is 0 Å². The van der Waals surface area contributed by atoms with Gasteiger partial charge in [0.2, 0.25) is 0 Å². The van der Waals surface area contributed by atoms with Gasteiger partial charge >= 0.3 is 0 Å². The first-order chi connectivity index (χ1) is 7.17. The van der Waals surface area contributed by atoms with Crippen LogP contribution in [0.25, 0.3) is 0 Å². The second kappa shape index (κ2) is 6.51. The summed E-state index contributed by atoms with van der Waals surface area (Å²) in [7, 11) is 0. The summed E-state index contributed by atoms with van der Waals surface area (Å²) in [5, 5.41) is 3.53. The molecule has 2 unspecified atom stereocenters. The van der Waals surface area contributed by atoms with E-state index in [1.807, 2.05) is 6.07 Å². The molecule has 0 bridgehead atoms. The van der Waals surface area contributed by atoms with Crippen LogP contribution >= 0.6 is 22.9 Å².